The lowest BCUT2D eigenvalue weighted by molar-refractivity contribution is -0.113. The molecule has 0 aliphatic carbocycles. The van der Waals surface area contributed by atoms with Crippen molar-refractivity contribution >= 4 is 57.5 Å². The van der Waals surface area contributed by atoms with Crippen molar-refractivity contribution in [3.63, 3.8) is 0 Å². The zero-order valence-electron chi connectivity index (χ0n) is 16.8. The molecule has 1 heterocycles. The van der Waals surface area contributed by atoms with Gasteiger partial charge in [0.05, 0.1) is 24.1 Å². The number of thioether (sulfide) groups is 2. The van der Waals surface area contributed by atoms with Gasteiger partial charge in [-0.2, -0.15) is 8.78 Å². The van der Waals surface area contributed by atoms with E-state index in [1.54, 1.807) is 48.9 Å². The monoisotopic (exact) mass is 495 g/mol. The molecule has 0 radical (unpaired) electrons. The first-order valence-corrected chi connectivity index (χ1v) is 12.2. The summed E-state index contributed by atoms with van der Waals surface area (Å²) >= 11 is 2.95. The number of carbonyl (C=O) groups is 2. The molecule has 0 bridgehead atoms. The molecule has 3 rings (SSSR count). The maximum absolute atomic E-state index is 12.7. The maximum atomic E-state index is 12.7. The van der Waals surface area contributed by atoms with Crippen LogP contribution >= 0.6 is 34.9 Å². The summed E-state index contributed by atoms with van der Waals surface area (Å²) in [4.78, 5) is 29.1. The number of anilines is 2. The van der Waals surface area contributed by atoms with Crippen LogP contribution < -0.4 is 15.4 Å². The summed E-state index contributed by atoms with van der Waals surface area (Å²) < 4.78 is 30.5. The van der Waals surface area contributed by atoms with Crippen molar-refractivity contribution in [3.8, 4) is 5.75 Å². The first kappa shape index (κ1) is 24.0. The van der Waals surface area contributed by atoms with E-state index < -0.39 is 11.7 Å². The minimum absolute atomic E-state index is 0.142. The van der Waals surface area contributed by atoms with Gasteiger partial charge in [0.25, 0.3) is 11.7 Å². The first-order chi connectivity index (χ1) is 15.4. The number of hydrogen-bond donors (Lipinski definition) is 2. The summed E-state index contributed by atoms with van der Waals surface area (Å²) in [5.41, 5.74) is 1.56. The summed E-state index contributed by atoms with van der Waals surface area (Å²) in [5.74, 6) is -1.82. The molecule has 2 aromatic carbocycles. The number of thiazole rings is 1. The third kappa shape index (κ3) is 7.21. The van der Waals surface area contributed by atoms with E-state index in [-0.39, 0.29) is 22.1 Å². The van der Waals surface area contributed by atoms with Gasteiger partial charge >= 0.3 is 0 Å². The normalized spacial score (nSPS) is 10.8. The van der Waals surface area contributed by atoms with Gasteiger partial charge < -0.3 is 10.1 Å². The smallest absolute Gasteiger partial charge is 0.288 e. The van der Waals surface area contributed by atoms with E-state index in [4.69, 9.17) is 4.74 Å². The average Bonchev–Trinajstić information content (AvgIpc) is 3.21. The van der Waals surface area contributed by atoms with Crippen LogP contribution in [-0.4, -0.2) is 35.4 Å². The molecule has 2 N–H and O–H groups in total. The molecule has 0 fully saturated rings. The molecule has 168 valence electrons. The molecule has 0 unspecified atom stereocenters. The van der Waals surface area contributed by atoms with Crippen LogP contribution in [0.15, 0.2) is 58.8 Å². The van der Waals surface area contributed by atoms with Crippen LogP contribution in [0.1, 0.15) is 16.1 Å². The molecule has 0 aliphatic heterocycles. The Morgan fingerprint density at radius 1 is 1.12 bits per heavy atom. The second kappa shape index (κ2) is 11.8. The highest BCUT2D eigenvalue weighted by Gasteiger charge is 2.16. The van der Waals surface area contributed by atoms with E-state index in [0.29, 0.717) is 39.8 Å². The molecule has 1 aromatic heterocycles. The Morgan fingerprint density at radius 3 is 2.59 bits per heavy atom. The molecule has 0 saturated carbocycles. The van der Waals surface area contributed by atoms with Gasteiger partial charge in [0.2, 0.25) is 5.91 Å². The SMILES string of the molecule is COc1ccc(NC(=O)CSCc2csc(NC(=O)c3ccccc3SC(F)F)n2)cc1. The quantitative estimate of drug-likeness (QED) is 0.357. The number of halogens is 2. The topological polar surface area (TPSA) is 80.3 Å². The van der Waals surface area contributed by atoms with Gasteiger partial charge in [0.15, 0.2) is 5.13 Å². The molecule has 0 aliphatic rings. The number of carbonyl (C=O) groups excluding carboxylic acids is 2. The van der Waals surface area contributed by atoms with Crippen LogP contribution in [0.3, 0.4) is 0 Å². The molecule has 3 aromatic rings. The number of alkyl halides is 2. The van der Waals surface area contributed by atoms with Gasteiger partial charge in [-0.15, -0.1) is 23.1 Å². The molecule has 32 heavy (non-hydrogen) atoms. The number of aromatic nitrogens is 1. The van der Waals surface area contributed by atoms with Crippen molar-refractivity contribution < 1.29 is 23.1 Å². The van der Waals surface area contributed by atoms with Crippen LogP contribution in [0.5, 0.6) is 5.75 Å². The summed E-state index contributed by atoms with van der Waals surface area (Å²) in [6, 6.07) is 13.2. The van der Waals surface area contributed by atoms with Crippen molar-refractivity contribution in [2.45, 2.75) is 16.4 Å². The van der Waals surface area contributed by atoms with Gasteiger partial charge in [-0.25, -0.2) is 4.98 Å². The standard InChI is InChI=1S/C21H19F2N3O3S3/c1-29-15-8-6-13(7-9-15)24-18(27)12-30-10-14-11-31-21(25-14)26-19(28)16-4-2-3-5-17(16)32-20(22)23/h2-9,11,20H,10,12H2,1H3,(H,24,27)(H,25,26,28). The number of rotatable bonds is 10. The zero-order valence-corrected chi connectivity index (χ0v) is 19.3. The van der Waals surface area contributed by atoms with Crippen LogP contribution in [0.4, 0.5) is 19.6 Å². The Bertz CT molecular complexity index is 1060. The molecule has 2 amide bonds. The van der Waals surface area contributed by atoms with Crippen molar-refractivity contribution in [2.75, 3.05) is 23.5 Å². The lowest BCUT2D eigenvalue weighted by Crippen LogP contribution is -2.14. The zero-order chi connectivity index (χ0) is 22.9. The van der Waals surface area contributed by atoms with Crippen molar-refractivity contribution in [1.29, 1.82) is 0 Å². The van der Waals surface area contributed by atoms with Crippen LogP contribution in [0.25, 0.3) is 0 Å². The summed E-state index contributed by atoms with van der Waals surface area (Å²) in [5, 5.41) is 7.59. The molecular formula is C21H19F2N3O3S3. The Kier molecular flexibility index (Phi) is 8.89. The molecular weight excluding hydrogens is 476 g/mol. The van der Waals surface area contributed by atoms with E-state index in [0.717, 1.165) is 0 Å². The highest BCUT2D eigenvalue weighted by Crippen LogP contribution is 2.29. The van der Waals surface area contributed by atoms with Crippen LogP contribution in [-0.2, 0) is 10.5 Å². The molecule has 0 saturated heterocycles. The predicted molar refractivity (Wildman–Crippen MR) is 126 cm³/mol. The molecule has 11 heteroatoms. The van der Waals surface area contributed by atoms with Crippen LogP contribution in [0, 0.1) is 0 Å². The lowest BCUT2D eigenvalue weighted by Gasteiger charge is -2.07. The predicted octanol–water partition coefficient (Wildman–Crippen LogP) is 5.59. The number of ether oxygens (including phenoxy) is 1. The Labute approximate surface area is 196 Å². The Hall–Kier alpha value is -2.63. The minimum Gasteiger partial charge on any atom is -0.497 e. The van der Waals surface area contributed by atoms with Gasteiger partial charge in [-0.05, 0) is 36.4 Å². The highest BCUT2D eigenvalue weighted by molar-refractivity contribution is 7.99. The fourth-order valence-electron chi connectivity index (χ4n) is 2.57. The number of amides is 2. The van der Waals surface area contributed by atoms with Crippen molar-refractivity contribution in [1.82, 2.24) is 4.98 Å². The number of benzene rings is 2. The van der Waals surface area contributed by atoms with Crippen molar-refractivity contribution in [2.24, 2.45) is 0 Å². The van der Waals surface area contributed by atoms with E-state index in [1.807, 2.05) is 0 Å². The van der Waals surface area contributed by atoms with E-state index in [1.165, 1.54) is 35.2 Å². The van der Waals surface area contributed by atoms with Crippen LogP contribution in [0.2, 0.25) is 0 Å². The number of nitrogens with zero attached hydrogens (tertiary/aromatic N) is 1. The third-order valence-corrected chi connectivity index (χ3v) is 6.54. The number of methoxy groups -OCH3 is 1. The minimum atomic E-state index is -2.62. The van der Waals surface area contributed by atoms with Crippen molar-refractivity contribution in [3.05, 3.63) is 65.2 Å². The molecule has 6 nitrogen and oxygen atoms in total. The van der Waals surface area contributed by atoms with Gasteiger partial charge in [0.1, 0.15) is 5.75 Å². The van der Waals surface area contributed by atoms with Gasteiger partial charge in [0, 0.05) is 21.7 Å². The fourth-order valence-corrected chi connectivity index (χ4v) is 4.73. The van der Waals surface area contributed by atoms with Gasteiger partial charge in [-0.1, -0.05) is 23.9 Å². The maximum Gasteiger partial charge on any atom is 0.288 e. The first-order valence-electron chi connectivity index (χ1n) is 9.26. The molecule has 0 atom stereocenters. The third-order valence-electron chi connectivity index (χ3n) is 3.98. The second-order valence-electron chi connectivity index (χ2n) is 6.24. The Morgan fingerprint density at radius 2 is 1.88 bits per heavy atom. The highest BCUT2D eigenvalue weighted by atomic mass is 32.2. The summed E-state index contributed by atoms with van der Waals surface area (Å²) in [7, 11) is 1.57. The largest absolute Gasteiger partial charge is 0.497 e. The van der Waals surface area contributed by atoms with E-state index in [2.05, 4.69) is 15.6 Å². The summed E-state index contributed by atoms with van der Waals surface area (Å²) in [6.45, 7) is 0. The number of nitrogens with one attached hydrogen (secondary N) is 2. The lowest BCUT2D eigenvalue weighted by atomic mass is 10.2. The Balaban J connectivity index is 1.47. The average molecular weight is 496 g/mol. The van der Waals surface area contributed by atoms with E-state index >= 15 is 0 Å². The second-order valence-corrected chi connectivity index (χ2v) is 9.12. The summed E-state index contributed by atoms with van der Waals surface area (Å²) in [6.07, 6.45) is 0. The van der Waals surface area contributed by atoms with E-state index in [9.17, 15) is 18.4 Å². The number of hydrogen-bond acceptors (Lipinski definition) is 7. The molecule has 0 spiro atoms. The van der Waals surface area contributed by atoms with Gasteiger partial charge in [-0.3, -0.25) is 14.9 Å². The fraction of sp³-hybridized carbons (Fsp3) is 0.190.